The minimum absolute atomic E-state index is 0.0765. The lowest BCUT2D eigenvalue weighted by atomic mass is 9.99. The Morgan fingerprint density at radius 3 is 2.50 bits per heavy atom. The Kier molecular flexibility index (Phi) is 4.61. The zero-order valence-electron chi connectivity index (χ0n) is 14.7. The maximum absolute atomic E-state index is 12.8. The Labute approximate surface area is 153 Å². The van der Waals surface area contributed by atoms with Crippen molar-refractivity contribution in [3.05, 3.63) is 65.7 Å². The van der Waals surface area contributed by atoms with E-state index in [1.54, 1.807) is 4.90 Å². The van der Waals surface area contributed by atoms with Crippen molar-refractivity contribution in [3.8, 4) is 0 Å². The van der Waals surface area contributed by atoms with Crippen molar-refractivity contribution in [1.82, 2.24) is 10.2 Å². The van der Waals surface area contributed by atoms with Crippen molar-refractivity contribution in [3.63, 3.8) is 0 Å². The van der Waals surface area contributed by atoms with Gasteiger partial charge >= 0.3 is 6.03 Å². The molecule has 4 rings (SSSR count). The number of anilines is 1. The van der Waals surface area contributed by atoms with E-state index in [0.717, 1.165) is 31.6 Å². The van der Waals surface area contributed by atoms with Crippen LogP contribution < -0.4 is 10.2 Å². The normalized spacial score (nSPS) is 19.7. The summed E-state index contributed by atoms with van der Waals surface area (Å²) in [6.45, 7) is 2.95. The van der Waals surface area contributed by atoms with Crippen LogP contribution in [0.3, 0.4) is 0 Å². The van der Waals surface area contributed by atoms with E-state index < -0.39 is 0 Å². The topological polar surface area (TPSA) is 52.7 Å². The summed E-state index contributed by atoms with van der Waals surface area (Å²) < 4.78 is 0. The molecule has 0 unspecified atom stereocenters. The van der Waals surface area contributed by atoms with Crippen molar-refractivity contribution in [2.75, 3.05) is 31.1 Å². The molecule has 0 saturated carbocycles. The van der Waals surface area contributed by atoms with Crippen molar-refractivity contribution in [1.29, 1.82) is 0 Å². The minimum Gasteiger partial charge on any atom is -0.338 e. The first kappa shape index (κ1) is 16.6. The third kappa shape index (κ3) is 3.43. The van der Waals surface area contributed by atoms with E-state index in [4.69, 9.17) is 0 Å². The minimum atomic E-state index is -0.0765. The number of nitrogens with one attached hydrogen (secondary N) is 1. The fraction of sp³-hybridized carbons (Fsp3) is 0.333. The largest absolute Gasteiger partial charge is 0.338 e. The molecule has 0 spiro atoms. The summed E-state index contributed by atoms with van der Waals surface area (Å²) >= 11 is 0. The molecule has 5 heteroatoms. The Morgan fingerprint density at radius 2 is 1.81 bits per heavy atom. The molecule has 2 fully saturated rings. The average molecular weight is 349 g/mol. The molecule has 5 nitrogen and oxygen atoms in total. The Hall–Kier alpha value is -2.82. The third-order valence-electron chi connectivity index (χ3n) is 5.22. The SMILES string of the molecule is O=C(c1ccc(N2CCNC2=O)cc1)N1CC[C@H](Cc2ccccc2)C1. The van der Waals surface area contributed by atoms with E-state index in [9.17, 15) is 9.59 Å². The smallest absolute Gasteiger partial charge is 0.321 e. The highest BCUT2D eigenvalue weighted by Gasteiger charge is 2.27. The fourth-order valence-corrected chi connectivity index (χ4v) is 3.82. The summed E-state index contributed by atoms with van der Waals surface area (Å²) in [6.07, 6.45) is 2.07. The van der Waals surface area contributed by atoms with Gasteiger partial charge in [-0.3, -0.25) is 9.69 Å². The van der Waals surface area contributed by atoms with Crippen molar-refractivity contribution in [2.45, 2.75) is 12.8 Å². The van der Waals surface area contributed by atoms with Crippen molar-refractivity contribution in [2.24, 2.45) is 5.92 Å². The molecule has 0 bridgehead atoms. The molecule has 3 amide bonds. The zero-order chi connectivity index (χ0) is 17.9. The van der Waals surface area contributed by atoms with Crippen LogP contribution in [0.15, 0.2) is 54.6 Å². The van der Waals surface area contributed by atoms with Gasteiger partial charge in [0.2, 0.25) is 0 Å². The number of likely N-dealkylation sites (tertiary alicyclic amines) is 1. The standard InChI is InChI=1S/C21H23N3O2/c25-20(18-6-8-19(9-7-18)24-13-11-22-21(24)26)23-12-10-17(15-23)14-16-4-2-1-3-5-16/h1-9,17H,10-15H2,(H,22,26)/t17-/m1/s1. The first-order valence-corrected chi connectivity index (χ1v) is 9.19. The molecule has 2 aromatic rings. The van der Waals surface area contributed by atoms with Crippen LogP contribution in [0.5, 0.6) is 0 Å². The number of hydrogen-bond acceptors (Lipinski definition) is 2. The summed E-state index contributed by atoms with van der Waals surface area (Å²) in [5.74, 6) is 0.604. The van der Waals surface area contributed by atoms with Crippen LogP contribution in [0.4, 0.5) is 10.5 Å². The second-order valence-electron chi connectivity index (χ2n) is 7.03. The van der Waals surface area contributed by atoms with Gasteiger partial charge in [0.1, 0.15) is 0 Å². The zero-order valence-corrected chi connectivity index (χ0v) is 14.7. The van der Waals surface area contributed by atoms with Gasteiger partial charge in [-0.25, -0.2) is 4.79 Å². The van der Waals surface area contributed by atoms with E-state index in [0.29, 0.717) is 24.6 Å². The van der Waals surface area contributed by atoms with Gasteiger partial charge in [-0.2, -0.15) is 0 Å². The molecular weight excluding hydrogens is 326 g/mol. The van der Waals surface area contributed by atoms with E-state index in [1.165, 1.54) is 5.56 Å². The van der Waals surface area contributed by atoms with Gasteiger partial charge in [-0.15, -0.1) is 0 Å². The van der Waals surface area contributed by atoms with Crippen LogP contribution in [0.1, 0.15) is 22.3 Å². The molecule has 1 atom stereocenters. The lowest BCUT2D eigenvalue weighted by Crippen LogP contribution is -2.29. The second kappa shape index (κ2) is 7.20. The van der Waals surface area contributed by atoms with Gasteiger partial charge in [0.05, 0.1) is 0 Å². The highest BCUT2D eigenvalue weighted by Crippen LogP contribution is 2.24. The number of carbonyl (C=O) groups is 2. The third-order valence-corrected chi connectivity index (χ3v) is 5.22. The maximum atomic E-state index is 12.8. The summed E-state index contributed by atoms with van der Waals surface area (Å²) in [5, 5.41) is 2.79. The highest BCUT2D eigenvalue weighted by molar-refractivity contribution is 5.97. The van der Waals surface area contributed by atoms with Gasteiger partial charge in [-0.1, -0.05) is 30.3 Å². The van der Waals surface area contributed by atoms with E-state index >= 15 is 0 Å². The van der Waals surface area contributed by atoms with Gasteiger partial charge in [0, 0.05) is 37.4 Å². The van der Waals surface area contributed by atoms with E-state index in [-0.39, 0.29) is 11.9 Å². The summed E-state index contributed by atoms with van der Waals surface area (Å²) in [6, 6.07) is 17.8. The van der Waals surface area contributed by atoms with Gasteiger partial charge < -0.3 is 10.2 Å². The second-order valence-corrected chi connectivity index (χ2v) is 7.03. The lowest BCUT2D eigenvalue weighted by molar-refractivity contribution is 0.0787. The molecule has 0 aliphatic carbocycles. The lowest BCUT2D eigenvalue weighted by Gasteiger charge is -2.18. The Balaban J connectivity index is 1.38. The first-order chi connectivity index (χ1) is 12.7. The number of carbonyl (C=O) groups excluding carboxylic acids is 2. The van der Waals surface area contributed by atoms with Crippen LogP contribution in [-0.4, -0.2) is 43.0 Å². The van der Waals surface area contributed by atoms with Gasteiger partial charge in [0.25, 0.3) is 5.91 Å². The molecule has 26 heavy (non-hydrogen) atoms. The van der Waals surface area contributed by atoms with Crippen LogP contribution in [-0.2, 0) is 6.42 Å². The number of rotatable bonds is 4. The summed E-state index contributed by atoms with van der Waals surface area (Å²) in [5.41, 5.74) is 2.86. The van der Waals surface area contributed by atoms with Crippen molar-refractivity contribution >= 4 is 17.6 Å². The number of amides is 3. The molecule has 2 aliphatic rings. The number of urea groups is 1. The maximum Gasteiger partial charge on any atom is 0.321 e. The van der Waals surface area contributed by atoms with Crippen molar-refractivity contribution < 1.29 is 9.59 Å². The predicted molar refractivity (Wildman–Crippen MR) is 101 cm³/mol. The first-order valence-electron chi connectivity index (χ1n) is 9.19. The fourth-order valence-electron chi connectivity index (χ4n) is 3.82. The molecule has 2 aliphatic heterocycles. The highest BCUT2D eigenvalue weighted by atomic mass is 16.2. The monoisotopic (exact) mass is 349 g/mol. The van der Waals surface area contributed by atoms with E-state index in [1.807, 2.05) is 35.2 Å². The van der Waals surface area contributed by atoms with Gasteiger partial charge in [-0.05, 0) is 48.6 Å². The Morgan fingerprint density at radius 1 is 1.04 bits per heavy atom. The number of hydrogen-bond donors (Lipinski definition) is 1. The molecule has 0 aromatic heterocycles. The molecule has 2 aromatic carbocycles. The van der Waals surface area contributed by atoms with Crippen LogP contribution in [0.25, 0.3) is 0 Å². The molecule has 1 N–H and O–H groups in total. The quantitative estimate of drug-likeness (QED) is 0.923. The van der Waals surface area contributed by atoms with Crippen LogP contribution in [0, 0.1) is 5.92 Å². The predicted octanol–water partition coefficient (Wildman–Crippen LogP) is 2.92. The number of nitrogens with zero attached hydrogens (tertiary/aromatic N) is 2. The molecule has 134 valence electrons. The number of benzene rings is 2. The summed E-state index contributed by atoms with van der Waals surface area (Å²) in [7, 11) is 0. The molecule has 2 saturated heterocycles. The molecule has 2 heterocycles. The van der Waals surface area contributed by atoms with Crippen LogP contribution in [0.2, 0.25) is 0 Å². The van der Waals surface area contributed by atoms with Crippen LogP contribution >= 0.6 is 0 Å². The Bertz CT molecular complexity index is 789. The average Bonchev–Trinajstić information content (AvgIpc) is 3.31. The summed E-state index contributed by atoms with van der Waals surface area (Å²) in [4.78, 5) is 28.1. The van der Waals surface area contributed by atoms with E-state index in [2.05, 4.69) is 29.6 Å². The molecular formula is C21H23N3O2. The van der Waals surface area contributed by atoms with Gasteiger partial charge in [0.15, 0.2) is 0 Å². The molecule has 0 radical (unpaired) electrons.